The molecule has 2 aromatic rings. The number of allylic oxidation sites excluding steroid dienone is 1. The molecule has 1 aliphatic carbocycles. The van der Waals surface area contributed by atoms with E-state index in [1.54, 1.807) is 31.2 Å². The average Bonchev–Trinajstić information content (AvgIpc) is 3.39. The van der Waals surface area contributed by atoms with E-state index in [1.807, 2.05) is 0 Å². The topological polar surface area (TPSA) is 113 Å². The summed E-state index contributed by atoms with van der Waals surface area (Å²) >= 11 is 5.93. The quantitative estimate of drug-likeness (QED) is 0.549. The van der Waals surface area contributed by atoms with Crippen LogP contribution in [-0.4, -0.2) is 47.0 Å². The molecule has 3 atom stereocenters. The second-order valence-electron chi connectivity index (χ2n) is 7.80. The lowest BCUT2D eigenvalue weighted by Crippen LogP contribution is -2.36. The van der Waals surface area contributed by atoms with Gasteiger partial charge in [-0.1, -0.05) is 35.9 Å². The predicted molar refractivity (Wildman–Crippen MR) is 119 cm³/mol. The number of aliphatic imine (C=N–C) groups is 1. The van der Waals surface area contributed by atoms with Gasteiger partial charge in [0.15, 0.2) is 11.8 Å². The number of nitrogens with zero attached hydrogens (tertiary/aromatic N) is 2. The van der Waals surface area contributed by atoms with Gasteiger partial charge in [0.25, 0.3) is 0 Å². The van der Waals surface area contributed by atoms with Gasteiger partial charge >= 0.3 is 5.97 Å². The number of fused-ring (bicyclic) bond motifs is 2. The summed E-state index contributed by atoms with van der Waals surface area (Å²) in [7, 11) is 0. The average molecular weight is 465 g/mol. The van der Waals surface area contributed by atoms with Crippen LogP contribution in [0.1, 0.15) is 22.8 Å². The van der Waals surface area contributed by atoms with E-state index in [1.165, 1.54) is 24.3 Å². The van der Waals surface area contributed by atoms with Gasteiger partial charge in [0, 0.05) is 16.1 Å². The summed E-state index contributed by atoms with van der Waals surface area (Å²) in [6.45, 7) is 1.67. The Morgan fingerprint density at radius 1 is 1.06 bits per heavy atom. The molecule has 0 spiro atoms. The second kappa shape index (κ2) is 7.67. The number of amides is 2. The molecular weight excluding hydrogens is 448 g/mol. The summed E-state index contributed by atoms with van der Waals surface area (Å²) in [5, 5.41) is 11.2. The van der Waals surface area contributed by atoms with E-state index in [9.17, 15) is 24.3 Å². The van der Waals surface area contributed by atoms with Gasteiger partial charge in [0.05, 0.1) is 35.4 Å². The van der Waals surface area contributed by atoms with Crippen molar-refractivity contribution in [2.24, 2.45) is 16.8 Å². The SMILES string of the molecule is CCOC(=O)[C@@H]1N=C(C2=C(O)c3ccccc3C2=O)[C@@H]2C(=O)N(c3ccc(Cl)cc3)C(=O)[C@H]21. The lowest BCUT2D eigenvalue weighted by atomic mass is 9.85. The van der Waals surface area contributed by atoms with Crippen molar-refractivity contribution in [1.82, 2.24) is 0 Å². The third-order valence-corrected chi connectivity index (χ3v) is 6.28. The first-order valence-electron chi connectivity index (χ1n) is 10.3. The molecule has 33 heavy (non-hydrogen) atoms. The first-order valence-corrected chi connectivity index (χ1v) is 10.7. The van der Waals surface area contributed by atoms with Gasteiger partial charge in [0.2, 0.25) is 11.8 Å². The molecule has 1 fully saturated rings. The van der Waals surface area contributed by atoms with Crippen LogP contribution < -0.4 is 4.90 Å². The number of ketones is 1. The van der Waals surface area contributed by atoms with Crippen molar-refractivity contribution < 1.29 is 29.0 Å². The first-order chi connectivity index (χ1) is 15.8. The number of aliphatic hydroxyl groups excluding tert-OH is 1. The van der Waals surface area contributed by atoms with Crippen LogP contribution >= 0.6 is 11.6 Å². The molecule has 166 valence electrons. The number of Topliss-reactive ketones (excluding diaryl/α,β-unsaturated/α-hetero) is 1. The fourth-order valence-electron chi connectivity index (χ4n) is 4.60. The molecule has 9 heteroatoms. The van der Waals surface area contributed by atoms with E-state index in [4.69, 9.17) is 16.3 Å². The minimum Gasteiger partial charge on any atom is -0.506 e. The molecular formula is C24H17ClN2O6. The zero-order valence-corrected chi connectivity index (χ0v) is 18.1. The van der Waals surface area contributed by atoms with Crippen LogP contribution in [-0.2, 0) is 19.1 Å². The molecule has 2 heterocycles. The monoisotopic (exact) mass is 464 g/mol. The minimum absolute atomic E-state index is 0.0545. The number of aliphatic hydroxyl groups is 1. The number of esters is 1. The van der Waals surface area contributed by atoms with E-state index in [0.29, 0.717) is 10.6 Å². The Balaban J connectivity index is 1.63. The lowest BCUT2D eigenvalue weighted by molar-refractivity contribution is -0.147. The Morgan fingerprint density at radius 2 is 1.73 bits per heavy atom. The summed E-state index contributed by atoms with van der Waals surface area (Å²) in [5.41, 5.74) is 0.603. The van der Waals surface area contributed by atoms with E-state index in [0.717, 1.165) is 4.90 Å². The van der Waals surface area contributed by atoms with Gasteiger partial charge in [-0.3, -0.25) is 19.4 Å². The Labute approximate surface area is 193 Å². The van der Waals surface area contributed by atoms with E-state index >= 15 is 0 Å². The van der Waals surface area contributed by atoms with Crippen LogP contribution in [0, 0.1) is 11.8 Å². The Bertz CT molecular complexity index is 1300. The van der Waals surface area contributed by atoms with E-state index in [-0.39, 0.29) is 34.9 Å². The summed E-state index contributed by atoms with van der Waals surface area (Å²) in [5.74, 6) is -5.28. The number of ether oxygens (including phenoxy) is 1. The molecule has 0 bridgehead atoms. The maximum absolute atomic E-state index is 13.5. The zero-order valence-electron chi connectivity index (χ0n) is 17.3. The molecule has 2 aromatic carbocycles. The molecule has 1 N–H and O–H groups in total. The van der Waals surface area contributed by atoms with Crippen molar-refractivity contribution in [3.8, 4) is 0 Å². The predicted octanol–water partition coefficient (Wildman–Crippen LogP) is 3.00. The third kappa shape index (κ3) is 3.01. The van der Waals surface area contributed by atoms with Gasteiger partial charge in [0.1, 0.15) is 5.76 Å². The third-order valence-electron chi connectivity index (χ3n) is 6.02. The van der Waals surface area contributed by atoms with Crippen LogP contribution in [0.25, 0.3) is 5.76 Å². The summed E-state index contributed by atoms with van der Waals surface area (Å²) < 4.78 is 5.09. The summed E-state index contributed by atoms with van der Waals surface area (Å²) in [6.07, 6.45) is 0. The highest BCUT2D eigenvalue weighted by molar-refractivity contribution is 6.43. The fourth-order valence-corrected chi connectivity index (χ4v) is 4.73. The van der Waals surface area contributed by atoms with Crippen molar-refractivity contribution >= 4 is 52.3 Å². The van der Waals surface area contributed by atoms with Gasteiger partial charge in [-0.05, 0) is 31.2 Å². The first kappa shape index (κ1) is 21.1. The van der Waals surface area contributed by atoms with Gasteiger partial charge < -0.3 is 9.84 Å². The standard InChI is InChI=1S/C24H17ClN2O6/c1-2-33-24(32)19-16-15(22(30)27(23(16)31)12-9-7-11(25)8-10-12)18(26-19)17-20(28)13-5-3-4-6-14(13)21(17)29/h3-10,15-16,19,28H,2H2,1H3/t15-,16-,19-/m1/s1. The molecule has 0 saturated carbocycles. The van der Waals surface area contributed by atoms with Crippen molar-refractivity contribution in [1.29, 1.82) is 0 Å². The Kier molecular flexibility index (Phi) is 4.90. The fraction of sp³-hybridized carbons (Fsp3) is 0.208. The zero-order chi connectivity index (χ0) is 23.4. The van der Waals surface area contributed by atoms with Crippen molar-refractivity contribution in [2.45, 2.75) is 13.0 Å². The van der Waals surface area contributed by atoms with Crippen molar-refractivity contribution in [3.63, 3.8) is 0 Å². The number of rotatable bonds is 4. The van der Waals surface area contributed by atoms with Crippen molar-refractivity contribution in [2.75, 3.05) is 11.5 Å². The van der Waals surface area contributed by atoms with Crippen molar-refractivity contribution in [3.05, 3.63) is 70.3 Å². The van der Waals surface area contributed by atoms with Gasteiger partial charge in [-0.15, -0.1) is 0 Å². The maximum atomic E-state index is 13.5. The van der Waals surface area contributed by atoms with Gasteiger partial charge in [-0.25, -0.2) is 9.69 Å². The molecule has 3 aliphatic rings. The smallest absolute Gasteiger partial charge is 0.331 e. The number of carbonyl (C=O) groups is 4. The number of halogens is 1. The largest absolute Gasteiger partial charge is 0.506 e. The Hall–Kier alpha value is -3.78. The van der Waals surface area contributed by atoms with Crippen LogP contribution in [0.15, 0.2) is 59.1 Å². The summed E-state index contributed by atoms with van der Waals surface area (Å²) in [4.78, 5) is 57.9. The normalized spacial score (nSPS) is 23.7. The molecule has 0 unspecified atom stereocenters. The summed E-state index contributed by atoms with van der Waals surface area (Å²) in [6, 6.07) is 11.2. The molecule has 5 rings (SSSR count). The number of anilines is 1. The van der Waals surface area contributed by atoms with E-state index in [2.05, 4.69) is 4.99 Å². The van der Waals surface area contributed by atoms with Crippen LogP contribution in [0.2, 0.25) is 5.02 Å². The molecule has 0 aromatic heterocycles. The Morgan fingerprint density at radius 3 is 2.36 bits per heavy atom. The van der Waals surface area contributed by atoms with Crippen LogP contribution in [0.5, 0.6) is 0 Å². The molecule has 0 radical (unpaired) electrons. The molecule has 2 amide bonds. The highest BCUT2D eigenvalue weighted by atomic mass is 35.5. The lowest BCUT2D eigenvalue weighted by Gasteiger charge is -2.17. The number of benzene rings is 2. The van der Waals surface area contributed by atoms with Gasteiger partial charge in [-0.2, -0.15) is 0 Å². The number of hydrogen-bond acceptors (Lipinski definition) is 7. The van der Waals surface area contributed by atoms with Crippen LogP contribution in [0.4, 0.5) is 5.69 Å². The highest BCUT2D eigenvalue weighted by Crippen LogP contribution is 2.44. The highest BCUT2D eigenvalue weighted by Gasteiger charge is 2.61. The van der Waals surface area contributed by atoms with Crippen LogP contribution in [0.3, 0.4) is 0 Å². The van der Waals surface area contributed by atoms with E-state index < -0.39 is 41.4 Å². The second-order valence-corrected chi connectivity index (χ2v) is 8.24. The number of carbonyl (C=O) groups excluding carboxylic acids is 4. The number of imide groups is 1. The molecule has 2 aliphatic heterocycles. The maximum Gasteiger partial charge on any atom is 0.331 e. The minimum atomic E-state index is -1.31. The molecule has 8 nitrogen and oxygen atoms in total. The molecule has 1 saturated heterocycles. The number of hydrogen-bond donors (Lipinski definition) is 1.